The Bertz CT molecular complexity index is 1270. The van der Waals surface area contributed by atoms with E-state index in [0.717, 1.165) is 35.2 Å². The molecule has 0 saturated heterocycles. The number of aromatic nitrogens is 3. The summed E-state index contributed by atoms with van der Waals surface area (Å²) in [5, 5.41) is 10.0. The molecule has 2 aliphatic rings. The number of halogens is 1. The fourth-order valence-corrected chi connectivity index (χ4v) is 5.53. The topological polar surface area (TPSA) is 60.3 Å². The lowest BCUT2D eigenvalue weighted by atomic mass is 9.83. The number of hydrogen-bond donors (Lipinski definition) is 0. The van der Waals surface area contributed by atoms with Gasteiger partial charge in [-0.3, -0.25) is 9.36 Å². The van der Waals surface area contributed by atoms with Gasteiger partial charge < -0.3 is 9.64 Å². The van der Waals surface area contributed by atoms with Gasteiger partial charge in [0, 0.05) is 36.0 Å². The molecular formula is C26H27ClN4O2S. The number of anilines is 1. The maximum atomic E-state index is 13.0. The third-order valence-electron chi connectivity index (χ3n) is 6.42. The zero-order valence-corrected chi connectivity index (χ0v) is 21.1. The SMILES string of the molecule is CN1C(=CC(=O)CSc2nnc(COc3ccccc3Cl)n2C2CC2)C(C)(C)c2ccccc21. The standard InChI is InChI=1S/C26H27ClN4O2S/c1-26(2)19-8-4-6-10-21(19)30(3)23(26)14-18(32)16-34-25-29-28-24(31(25)17-12-13-17)15-33-22-11-7-5-9-20(22)27/h4-11,14,17H,12-13,15-16H2,1-3H3. The molecule has 0 radical (unpaired) electrons. The molecule has 0 spiro atoms. The van der Waals surface area contributed by atoms with Crippen molar-refractivity contribution in [2.75, 3.05) is 17.7 Å². The van der Waals surface area contributed by atoms with Crippen molar-refractivity contribution in [3.63, 3.8) is 0 Å². The van der Waals surface area contributed by atoms with Gasteiger partial charge in [0.15, 0.2) is 16.8 Å². The second-order valence-electron chi connectivity index (χ2n) is 9.20. The van der Waals surface area contributed by atoms with Crippen LogP contribution in [0.4, 0.5) is 5.69 Å². The van der Waals surface area contributed by atoms with E-state index in [2.05, 4.69) is 45.6 Å². The fourth-order valence-electron chi connectivity index (χ4n) is 4.50. The van der Waals surface area contributed by atoms with Crippen LogP contribution in [0.1, 0.15) is 44.1 Å². The Labute approximate surface area is 209 Å². The molecule has 1 fully saturated rings. The van der Waals surface area contributed by atoms with Gasteiger partial charge >= 0.3 is 0 Å². The van der Waals surface area contributed by atoms with E-state index in [1.54, 1.807) is 12.1 Å². The lowest BCUT2D eigenvalue weighted by Gasteiger charge is -2.23. The molecule has 1 aliphatic heterocycles. The number of ether oxygens (including phenoxy) is 1. The van der Waals surface area contributed by atoms with Gasteiger partial charge in [-0.25, -0.2) is 0 Å². The Kier molecular flexibility index (Phi) is 6.16. The highest BCUT2D eigenvalue weighted by atomic mass is 35.5. The second-order valence-corrected chi connectivity index (χ2v) is 10.6. The van der Waals surface area contributed by atoms with Crippen molar-refractivity contribution >= 4 is 34.8 Å². The monoisotopic (exact) mass is 494 g/mol. The molecule has 1 saturated carbocycles. The van der Waals surface area contributed by atoms with Crippen molar-refractivity contribution in [3.05, 3.63) is 76.7 Å². The van der Waals surface area contributed by atoms with E-state index in [1.807, 2.05) is 37.4 Å². The van der Waals surface area contributed by atoms with Gasteiger partial charge in [-0.05, 0) is 36.6 Å². The summed E-state index contributed by atoms with van der Waals surface area (Å²) in [5.74, 6) is 1.74. The van der Waals surface area contributed by atoms with Crippen LogP contribution in [0.25, 0.3) is 0 Å². The number of thioether (sulfide) groups is 1. The molecule has 1 aromatic heterocycles. The average Bonchev–Trinajstić information content (AvgIpc) is 3.56. The number of likely N-dealkylation sites (N-methyl/N-ethyl adjacent to an activating group) is 1. The molecule has 8 heteroatoms. The summed E-state index contributed by atoms with van der Waals surface area (Å²) in [4.78, 5) is 15.1. The zero-order chi connectivity index (χ0) is 23.9. The Morgan fingerprint density at radius 2 is 1.91 bits per heavy atom. The second kappa shape index (κ2) is 9.12. The number of para-hydroxylation sites is 2. The summed E-state index contributed by atoms with van der Waals surface area (Å²) in [6.45, 7) is 4.61. The summed E-state index contributed by atoms with van der Waals surface area (Å²) in [5.41, 5.74) is 3.18. The van der Waals surface area contributed by atoms with Gasteiger partial charge in [0.05, 0.1) is 10.8 Å². The van der Waals surface area contributed by atoms with Crippen molar-refractivity contribution in [1.82, 2.24) is 14.8 Å². The number of benzene rings is 2. The number of ketones is 1. The smallest absolute Gasteiger partial charge is 0.192 e. The van der Waals surface area contributed by atoms with Crippen molar-refractivity contribution < 1.29 is 9.53 Å². The highest BCUT2D eigenvalue weighted by Crippen LogP contribution is 2.46. The minimum atomic E-state index is -0.219. The Morgan fingerprint density at radius 1 is 1.18 bits per heavy atom. The van der Waals surface area contributed by atoms with Crippen LogP contribution in [0.3, 0.4) is 0 Å². The lowest BCUT2D eigenvalue weighted by molar-refractivity contribution is -0.112. The van der Waals surface area contributed by atoms with Crippen LogP contribution >= 0.6 is 23.4 Å². The van der Waals surface area contributed by atoms with E-state index in [9.17, 15) is 4.79 Å². The first-order chi connectivity index (χ1) is 16.4. The molecule has 176 valence electrons. The molecule has 0 unspecified atom stereocenters. The van der Waals surface area contributed by atoms with Crippen molar-refractivity contribution in [2.24, 2.45) is 0 Å². The number of nitrogens with zero attached hydrogens (tertiary/aromatic N) is 4. The first kappa shape index (κ1) is 23.0. The first-order valence-electron chi connectivity index (χ1n) is 11.4. The summed E-state index contributed by atoms with van der Waals surface area (Å²) in [7, 11) is 2.02. The van der Waals surface area contributed by atoms with Crippen LogP contribution in [0, 0.1) is 0 Å². The Balaban J connectivity index is 1.28. The van der Waals surface area contributed by atoms with E-state index < -0.39 is 0 Å². The minimum Gasteiger partial charge on any atom is -0.484 e. The number of fused-ring (bicyclic) bond motifs is 1. The molecule has 0 atom stereocenters. The normalized spacial score (nSPS) is 17.8. The Hall–Kier alpha value is -2.77. The number of allylic oxidation sites excluding steroid dienone is 2. The van der Waals surface area contributed by atoms with E-state index in [1.165, 1.54) is 17.3 Å². The first-order valence-corrected chi connectivity index (χ1v) is 12.7. The predicted octanol–water partition coefficient (Wildman–Crippen LogP) is 5.82. The van der Waals surface area contributed by atoms with Crippen LogP contribution < -0.4 is 9.64 Å². The molecule has 5 rings (SSSR count). The molecule has 0 amide bonds. The van der Waals surface area contributed by atoms with Crippen LogP contribution in [-0.4, -0.2) is 33.3 Å². The molecule has 2 aromatic carbocycles. The molecule has 0 N–H and O–H groups in total. The molecule has 6 nitrogen and oxygen atoms in total. The number of carbonyl (C=O) groups is 1. The fraction of sp³-hybridized carbons (Fsp3) is 0.346. The third-order valence-corrected chi connectivity index (χ3v) is 7.70. The van der Waals surface area contributed by atoms with Crippen LogP contribution in [0.5, 0.6) is 5.75 Å². The number of rotatable bonds is 8. The summed E-state index contributed by atoms with van der Waals surface area (Å²) in [6.07, 6.45) is 3.95. The molecule has 2 heterocycles. The average molecular weight is 495 g/mol. The van der Waals surface area contributed by atoms with Gasteiger partial charge in [0.2, 0.25) is 0 Å². The Morgan fingerprint density at radius 3 is 2.65 bits per heavy atom. The largest absolute Gasteiger partial charge is 0.484 e. The van der Waals surface area contributed by atoms with E-state index >= 15 is 0 Å². The van der Waals surface area contributed by atoms with E-state index in [-0.39, 0.29) is 17.8 Å². The van der Waals surface area contributed by atoms with Crippen molar-refractivity contribution in [1.29, 1.82) is 0 Å². The number of hydrogen-bond acceptors (Lipinski definition) is 6. The van der Waals surface area contributed by atoms with E-state index in [4.69, 9.17) is 16.3 Å². The predicted molar refractivity (Wildman–Crippen MR) is 136 cm³/mol. The van der Waals surface area contributed by atoms with Crippen LogP contribution in [0.15, 0.2) is 65.5 Å². The summed E-state index contributed by atoms with van der Waals surface area (Å²) < 4.78 is 8.00. The maximum absolute atomic E-state index is 13.0. The van der Waals surface area contributed by atoms with Gasteiger partial charge in [-0.2, -0.15) is 0 Å². The molecule has 1 aliphatic carbocycles. The molecule has 3 aromatic rings. The maximum Gasteiger partial charge on any atom is 0.192 e. The highest BCUT2D eigenvalue weighted by molar-refractivity contribution is 7.99. The zero-order valence-electron chi connectivity index (χ0n) is 19.5. The van der Waals surface area contributed by atoms with Gasteiger partial charge in [-0.1, -0.05) is 67.5 Å². The summed E-state index contributed by atoms with van der Waals surface area (Å²) in [6, 6.07) is 16.1. The van der Waals surface area contributed by atoms with Gasteiger partial charge in [-0.15, -0.1) is 10.2 Å². The third kappa shape index (κ3) is 4.34. The van der Waals surface area contributed by atoms with E-state index in [0.29, 0.717) is 22.6 Å². The van der Waals surface area contributed by atoms with Crippen LogP contribution in [0.2, 0.25) is 5.02 Å². The highest BCUT2D eigenvalue weighted by Gasteiger charge is 2.38. The quantitative estimate of drug-likeness (QED) is 0.290. The molecule has 34 heavy (non-hydrogen) atoms. The van der Waals surface area contributed by atoms with Crippen molar-refractivity contribution in [2.45, 2.75) is 49.9 Å². The number of carbonyl (C=O) groups excluding carboxylic acids is 1. The van der Waals surface area contributed by atoms with Gasteiger partial charge in [0.25, 0.3) is 0 Å². The lowest BCUT2D eigenvalue weighted by Crippen LogP contribution is -2.24. The van der Waals surface area contributed by atoms with Crippen molar-refractivity contribution in [3.8, 4) is 5.75 Å². The van der Waals surface area contributed by atoms with Gasteiger partial charge in [0.1, 0.15) is 12.4 Å². The molecular weight excluding hydrogens is 468 g/mol. The molecule has 0 bridgehead atoms. The summed E-state index contributed by atoms with van der Waals surface area (Å²) >= 11 is 7.64. The van der Waals surface area contributed by atoms with Crippen LogP contribution in [-0.2, 0) is 16.8 Å². The minimum absolute atomic E-state index is 0.0620.